The van der Waals surface area contributed by atoms with Crippen molar-refractivity contribution in [3.05, 3.63) is 36.4 Å². The maximum Gasteiger partial charge on any atom is 0.225 e. The summed E-state index contributed by atoms with van der Waals surface area (Å²) in [6.45, 7) is 7.52. The highest BCUT2D eigenvalue weighted by molar-refractivity contribution is 5.64. The third-order valence-electron chi connectivity index (χ3n) is 4.01. The van der Waals surface area contributed by atoms with Crippen LogP contribution in [0.25, 0.3) is 11.3 Å². The molecule has 4 nitrogen and oxygen atoms in total. The fraction of sp³-hybridized carbons (Fsp3) is 0.474. The molecule has 1 aromatic heterocycles. The third kappa shape index (κ3) is 4.95. The molecule has 1 aromatic carbocycles. The molecule has 4 heteroatoms. The summed E-state index contributed by atoms with van der Waals surface area (Å²) in [6.07, 6.45) is 3.38. The molecule has 2 rings (SSSR count). The first-order valence-corrected chi connectivity index (χ1v) is 8.56. The highest BCUT2D eigenvalue weighted by atomic mass is 15.2. The zero-order valence-electron chi connectivity index (χ0n) is 14.7. The first kappa shape index (κ1) is 17.3. The van der Waals surface area contributed by atoms with Gasteiger partial charge in [-0.15, -0.1) is 0 Å². The number of rotatable bonds is 8. The van der Waals surface area contributed by atoms with Crippen molar-refractivity contribution >= 4 is 11.8 Å². The molecule has 0 aliphatic heterocycles. The zero-order chi connectivity index (χ0) is 16.7. The van der Waals surface area contributed by atoms with Crippen LogP contribution in [-0.2, 0) is 0 Å². The number of anilines is 2. The summed E-state index contributed by atoms with van der Waals surface area (Å²) in [5.41, 5.74) is 2.08. The van der Waals surface area contributed by atoms with E-state index in [4.69, 9.17) is 9.97 Å². The third-order valence-corrected chi connectivity index (χ3v) is 4.01. The monoisotopic (exact) mass is 312 g/mol. The van der Waals surface area contributed by atoms with Crippen LogP contribution in [0.5, 0.6) is 0 Å². The largest absolute Gasteiger partial charge is 0.359 e. The molecule has 0 amide bonds. The number of hydrogen-bond donors (Lipinski definition) is 1. The van der Waals surface area contributed by atoms with Gasteiger partial charge in [-0.25, -0.2) is 4.98 Å². The van der Waals surface area contributed by atoms with Crippen molar-refractivity contribution in [2.45, 2.75) is 46.1 Å². The Morgan fingerprint density at radius 1 is 1.13 bits per heavy atom. The Hall–Kier alpha value is -2.10. The Labute approximate surface area is 140 Å². The topological polar surface area (TPSA) is 41.1 Å². The van der Waals surface area contributed by atoms with Crippen LogP contribution in [0, 0.1) is 0 Å². The van der Waals surface area contributed by atoms with E-state index in [9.17, 15) is 0 Å². The van der Waals surface area contributed by atoms with Crippen molar-refractivity contribution in [1.82, 2.24) is 9.97 Å². The first-order chi connectivity index (χ1) is 11.1. The molecule has 1 N–H and O–H groups in total. The van der Waals surface area contributed by atoms with Crippen LogP contribution < -0.4 is 10.2 Å². The summed E-state index contributed by atoms with van der Waals surface area (Å²) in [6, 6.07) is 12.7. The van der Waals surface area contributed by atoms with Gasteiger partial charge in [-0.1, -0.05) is 50.6 Å². The van der Waals surface area contributed by atoms with Crippen LogP contribution >= 0.6 is 0 Å². The van der Waals surface area contributed by atoms with E-state index >= 15 is 0 Å². The van der Waals surface area contributed by atoms with Gasteiger partial charge in [0.05, 0.1) is 5.69 Å². The van der Waals surface area contributed by atoms with Gasteiger partial charge in [0, 0.05) is 31.3 Å². The number of hydrogen-bond acceptors (Lipinski definition) is 4. The van der Waals surface area contributed by atoms with E-state index < -0.39 is 0 Å². The van der Waals surface area contributed by atoms with Crippen molar-refractivity contribution in [3.63, 3.8) is 0 Å². The van der Waals surface area contributed by atoms with Crippen molar-refractivity contribution in [2.24, 2.45) is 0 Å². The van der Waals surface area contributed by atoms with Gasteiger partial charge in [0.2, 0.25) is 5.95 Å². The minimum atomic E-state index is 0.356. The van der Waals surface area contributed by atoms with Crippen molar-refractivity contribution < 1.29 is 0 Å². The summed E-state index contributed by atoms with van der Waals surface area (Å²) in [7, 11) is 2.10. The number of nitrogens with zero attached hydrogens (tertiary/aromatic N) is 3. The molecule has 0 radical (unpaired) electrons. The van der Waals surface area contributed by atoms with Gasteiger partial charge in [-0.3, -0.25) is 0 Å². The van der Waals surface area contributed by atoms with Gasteiger partial charge >= 0.3 is 0 Å². The van der Waals surface area contributed by atoms with E-state index in [0.717, 1.165) is 36.5 Å². The molecule has 0 saturated heterocycles. The molecule has 0 spiro atoms. The second-order valence-corrected chi connectivity index (χ2v) is 6.03. The quantitative estimate of drug-likeness (QED) is 0.774. The van der Waals surface area contributed by atoms with Gasteiger partial charge in [0.15, 0.2) is 0 Å². The fourth-order valence-electron chi connectivity index (χ4n) is 2.28. The molecule has 124 valence electrons. The summed E-state index contributed by atoms with van der Waals surface area (Å²) in [4.78, 5) is 11.6. The van der Waals surface area contributed by atoms with Crippen LogP contribution in [0.2, 0.25) is 0 Å². The molecule has 0 saturated carbocycles. The van der Waals surface area contributed by atoms with Crippen LogP contribution in [0.15, 0.2) is 36.4 Å². The Bertz CT molecular complexity index is 598. The standard InChI is InChI=1S/C19H28N4/c1-5-7-13-23(4)18-14-17(16-11-9-8-10-12-16)21-19(22-18)20-15(3)6-2/h8-12,14-15H,5-7,13H2,1-4H3,(H,20,21,22). The Morgan fingerprint density at radius 3 is 2.52 bits per heavy atom. The lowest BCUT2D eigenvalue weighted by Crippen LogP contribution is -2.22. The molecule has 0 aliphatic carbocycles. The predicted octanol–water partition coefficient (Wildman–Crippen LogP) is 4.59. The van der Waals surface area contributed by atoms with Crippen molar-refractivity contribution in [2.75, 3.05) is 23.8 Å². The highest BCUT2D eigenvalue weighted by Gasteiger charge is 2.11. The minimum absolute atomic E-state index is 0.356. The molecule has 1 unspecified atom stereocenters. The van der Waals surface area contributed by atoms with Crippen LogP contribution in [0.1, 0.15) is 40.0 Å². The van der Waals surface area contributed by atoms with Crippen LogP contribution in [-0.4, -0.2) is 29.6 Å². The lowest BCUT2D eigenvalue weighted by Gasteiger charge is -2.20. The van der Waals surface area contributed by atoms with Gasteiger partial charge in [0.1, 0.15) is 5.82 Å². The molecule has 1 heterocycles. The first-order valence-electron chi connectivity index (χ1n) is 8.56. The van der Waals surface area contributed by atoms with E-state index in [2.05, 4.69) is 56.2 Å². The lowest BCUT2D eigenvalue weighted by atomic mass is 10.1. The molecule has 23 heavy (non-hydrogen) atoms. The zero-order valence-corrected chi connectivity index (χ0v) is 14.7. The predicted molar refractivity (Wildman–Crippen MR) is 99.0 cm³/mol. The maximum absolute atomic E-state index is 4.71. The molecular formula is C19H28N4. The molecule has 2 aromatic rings. The summed E-state index contributed by atoms with van der Waals surface area (Å²) in [5.74, 6) is 1.68. The van der Waals surface area contributed by atoms with Gasteiger partial charge in [0.25, 0.3) is 0 Å². The van der Waals surface area contributed by atoms with E-state index in [1.807, 2.05) is 18.2 Å². The number of nitrogens with one attached hydrogen (secondary N) is 1. The lowest BCUT2D eigenvalue weighted by molar-refractivity contribution is 0.743. The summed E-state index contributed by atoms with van der Waals surface area (Å²) in [5, 5.41) is 3.40. The van der Waals surface area contributed by atoms with Gasteiger partial charge in [-0.05, 0) is 19.8 Å². The molecule has 0 bridgehead atoms. The average Bonchev–Trinajstić information content (AvgIpc) is 2.60. The minimum Gasteiger partial charge on any atom is -0.359 e. The Kier molecular flexibility index (Phi) is 6.39. The van der Waals surface area contributed by atoms with E-state index in [-0.39, 0.29) is 0 Å². The second kappa shape index (κ2) is 8.51. The Balaban J connectivity index is 2.35. The number of benzene rings is 1. The molecular weight excluding hydrogens is 284 g/mol. The van der Waals surface area contributed by atoms with Crippen molar-refractivity contribution in [3.8, 4) is 11.3 Å². The Morgan fingerprint density at radius 2 is 1.87 bits per heavy atom. The molecule has 0 aliphatic rings. The smallest absolute Gasteiger partial charge is 0.225 e. The summed E-state index contributed by atoms with van der Waals surface area (Å²) >= 11 is 0. The number of unbranched alkanes of at least 4 members (excludes halogenated alkanes) is 1. The fourth-order valence-corrected chi connectivity index (χ4v) is 2.28. The normalized spacial score (nSPS) is 12.0. The van der Waals surface area contributed by atoms with E-state index in [1.165, 1.54) is 6.42 Å². The van der Waals surface area contributed by atoms with Gasteiger partial charge in [-0.2, -0.15) is 4.98 Å². The van der Waals surface area contributed by atoms with Gasteiger partial charge < -0.3 is 10.2 Å². The number of aromatic nitrogens is 2. The van der Waals surface area contributed by atoms with Crippen molar-refractivity contribution in [1.29, 1.82) is 0 Å². The maximum atomic E-state index is 4.71. The second-order valence-electron chi connectivity index (χ2n) is 6.03. The van der Waals surface area contributed by atoms with E-state index in [0.29, 0.717) is 12.0 Å². The highest BCUT2D eigenvalue weighted by Crippen LogP contribution is 2.23. The molecule has 1 atom stereocenters. The summed E-state index contributed by atoms with van der Waals surface area (Å²) < 4.78 is 0. The molecule has 0 fully saturated rings. The van der Waals surface area contributed by atoms with Crippen LogP contribution in [0.4, 0.5) is 11.8 Å². The van der Waals surface area contributed by atoms with Crippen LogP contribution in [0.3, 0.4) is 0 Å². The SMILES string of the molecule is CCCCN(C)c1cc(-c2ccccc2)nc(NC(C)CC)n1. The average molecular weight is 312 g/mol. The van der Waals surface area contributed by atoms with E-state index in [1.54, 1.807) is 0 Å².